The molecule has 0 saturated carbocycles. The summed E-state index contributed by atoms with van der Waals surface area (Å²) in [7, 11) is 0. The van der Waals surface area contributed by atoms with Crippen molar-refractivity contribution in [2.75, 3.05) is 12.1 Å². The lowest BCUT2D eigenvalue weighted by Gasteiger charge is -2.18. The van der Waals surface area contributed by atoms with Crippen molar-refractivity contribution in [1.82, 2.24) is 4.98 Å². The summed E-state index contributed by atoms with van der Waals surface area (Å²) in [5.74, 6) is 1.49. The summed E-state index contributed by atoms with van der Waals surface area (Å²) in [6.45, 7) is 5.70. The van der Waals surface area contributed by atoms with Crippen LogP contribution in [0.5, 0.6) is 11.5 Å². The van der Waals surface area contributed by atoms with Gasteiger partial charge in [-0.15, -0.1) is 11.3 Å². The van der Waals surface area contributed by atoms with Crippen LogP contribution in [-0.4, -0.2) is 23.5 Å². The number of fused-ring (bicyclic) bond motifs is 1. The maximum Gasteiger partial charge on any atom is 0.413 e. The second-order valence-electron chi connectivity index (χ2n) is 6.15. The van der Waals surface area contributed by atoms with Crippen molar-refractivity contribution in [3.8, 4) is 11.5 Å². The molecule has 0 atom stereocenters. The van der Waals surface area contributed by atoms with E-state index in [0.717, 1.165) is 22.8 Å². The van der Waals surface area contributed by atoms with E-state index in [1.807, 2.05) is 56.5 Å². The van der Waals surface area contributed by atoms with E-state index in [1.54, 1.807) is 0 Å². The monoisotopic (exact) mass is 346 g/mol. The first kappa shape index (κ1) is 16.3. The molecule has 1 amide bonds. The molecule has 1 aliphatic rings. The number of thiazole rings is 1. The molecule has 0 radical (unpaired) electrons. The minimum absolute atomic E-state index is 0.258. The highest BCUT2D eigenvalue weighted by Gasteiger charge is 2.17. The van der Waals surface area contributed by atoms with E-state index in [-0.39, 0.29) is 6.79 Å². The number of carbonyl (C=O) groups is 1. The quantitative estimate of drug-likeness (QED) is 0.892. The van der Waals surface area contributed by atoms with Crippen molar-refractivity contribution in [2.24, 2.45) is 0 Å². The third-order valence-corrected chi connectivity index (χ3v) is 3.75. The Balaban J connectivity index is 1.62. The lowest BCUT2D eigenvalue weighted by molar-refractivity contribution is 0.0636. The summed E-state index contributed by atoms with van der Waals surface area (Å²) in [6.07, 6.45) is 3.28. The summed E-state index contributed by atoms with van der Waals surface area (Å²) in [5.41, 5.74) is 1.20. The molecule has 6 nitrogen and oxygen atoms in total. The van der Waals surface area contributed by atoms with E-state index in [1.165, 1.54) is 11.3 Å². The van der Waals surface area contributed by atoms with Crippen molar-refractivity contribution in [2.45, 2.75) is 26.4 Å². The molecule has 126 valence electrons. The lowest BCUT2D eigenvalue weighted by Crippen LogP contribution is -2.27. The molecule has 1 aromatic carbocycles. The number of ether oxygens (including phenoxy) is 3. The first-order valence-electron chi connectivity index (χ1n) is 7.42. The highest BCUT2D eigenvalue weighted by atomic mass is 32.1. The van der Waals surface area contributed by atoms with Gasteiger partial charge in [0.25, 0.3) is 0 Å². The number of rotatable bonds is 3. The van der Waals surface area contributed by atoms with Crippen LogP contribution in [0.3, 0.4) is 0 Å². The van der Waals surface area contributed by atoms with Crippen LogP contribution in [-0.2, 0) is 4.74 Å². The van der Waals surface area contributed by atoms with E-state index in [2.05, 4.69) is 10.3 Å². The number of aromatic nitrogens is 1. The number of carbonyl (C=O) groups excluding carboxylic acids is 1. The van der Waals surface area contributed by atoms with E-state index < -0.39 is 11.7 Å². The molecule has 7 heteroatoms. The number of amides is 1. The number of benzene rings is 1. The van der Waals surface area contributed by atoms with Crippen LogP contribution < -0.4 is 14.8 Å². The van der Waals surface area contributed by atoms with Crippen LogP contribution in [0.1, 0.15) is 32.0 Å². The van der Waals surface area contributed by atoms with Crippen LogP contribution in [0, 0.1) is 0 Å². The SMILES string of the molecule is CC(C)(C)OC(=O)Nc1nc(C=Cc2ccc3c(c2)OCO3)cs1. The van der Waals surface area contributed by atoms with Gasteiger partial charge < -0.3 is 14.2 Å². The Morgan fingerprint density at radius 3 is 2.88 bits per heavy atom. The van der Waals surface area contributed by atoms with E-state index in [0.29, 0.717) is 5.13 Å². The maximum atomic E-state index is 11.7. The van der Waals surface area contributed by atoms with Gasteiger partial charge >= 0.3 is 6.09 Å². The first-order valence-corrected chi connectivity index (χ1v) is 8.30. The van der Waals surface area contributed by atoms with Crippen LogP contribution in [0.25, 0.3) is 12.2 Å². The molecule has 0 unspecified atom stereocenters. The largest absolute Gasteiger partial charge is 0.454 e. The average Bonchev–Trinajstić information content (AvgIpc) is 3.11. The van der Waals surface area contributed by atoms with Crippen LogP contribution >= 0.6 is 11.3 Å². The van der Waals surface area contributed by atoms with Gasteiger partial charge in [-0.3, -0.25) is 5.32 Å². The van der Waals surface area contributed by atoms with Gasteiger partial charge in [-0.25, -0.2) is 9.78 Å². The van der Waals surface area contributed by atoms with Gasteiger partial charge in [0, 0.05) is 5.38 Å². The summed E-state index contributed by atoms with van der Waals surface area (Å²) in [6, 6.07) is 5.72. The number of anilines is 1. The van der Waals surface area contributed by atoms with Gasteiger partial charge in [0.05, 0.1) is 5.69 Å². The van der Waals surface area contributed by atoms with Gasteiger partial charge in [-0.1, -0.05) is 12.1 Å². The molecule has 0 aliphatic carbocycles. The van der Waals surface area contributed by atoms with Crippen molar-refractivity contribution in [1.29, 1.82) is 0 Å². The van der Waals surface area contributed by atoms with E-state index >= 15 is 0 Å². The molecule has 0 fully saturated rings. The highest BCUT2D eigenvalue weighted by molar-refractivity contribution is 7.14. The Morgan fingerprint density at radius 1 is 1.29 bits per heavy atom. The molecule has 2 aromatic rings. The second kappa shape index (κ2) is 6.52. The Labute approximate surface area is 144 Å². The van der Waals surface area contributed by atoms with Crippen LogP contribution in [0.4, 0.5) is 9.93 Å². The van der Waals surface area contributed by atoms with E-state index in [4.69, 9.17) is 14.2 Å². The topological polar surface area (TPSA) is 69.7 Å². The highest BCUT2D eigenvalue weighted by Crippen LogP contribution is 2.33. The van der Waals surface area contributed by atoms with Crippen molar-refractivity contribution < 1.29 is 19.0 Å². The van der Waals surface area contributed by atoms with Gasteiger partial charge in [-0.05, 0) is 44.5 Å². The number of nitrogens with one attached hydrogen (secondary N) is 1. The Bertz CT molecular complexity index is 777. The number of hydrogen-bond acceptors (Lipinski definition) is 6. The van der Waals surface area contributed by atoms with Gasteiger partial charge in [0.1, 0.15) is 5.60 Å². The summed E-state index contributed by atoms with van der Waals surface area (Å²) in [4.78, 5) is 16.0. The molecule has 0 saturated heterocycles. The zero-order valence-electron chi connectivity index (χ0n) is 13.7. The molecule has 1 aliphatic heterocycles. The predicted molar refractivity (Wildman–Crippen MR) is 93.5 cm³/mol. The maximum absolute atomic E-state index is 11.7. The molecule has 0 bridgehead atoms. The number of hydrogen-bond donors (Lipinski definition) is 1. The smallest absolute Gasteiger partial charge is 0.413 e. The molecule has 2 heterocycles. The third kappa shape index (κ3) is 4.26. The minimum atomic E-state index is -0.538. The average molecular weight is 346 g/mol. The first-order chi connectivity index (χ1) is 11.4. The standard InChI is InChI=1S/C17H18N2O4S/c1-17(2,3)23-16(20)19-15-18-12(9-24-15)6-4-11-5-7-13-14(8-11)22-10-21-13/h4-9H,10H2,1-3H3,(H,18,19,20). The molecule has 3 rings (SSSR count). The zero-order chi connectivity index (χ0) is 17.2. The fourth-order valence-corrected chi connectivity index (χ4v) is 2.67. The molecule has 1 N–H and O–H groups in total. The van der Waals surface area contributed by atoms with E-state index in [9.17, 15) is 4.79 Å². The summed E-state index contributed by atoms with van der Waals surface area (Å²) < 4.78 is 15.8. The third-order valence-electron chi connectivity index (χ3n) is 2.97. The Hall–Kier alpha value is -2.54. The summed E-state index contributed by atoms with van der Waals surface area (Å²) in [5, 5.41) is 4.98. The molecule has 1 aromatic heterocycles. The van der Waals surface area contributed by atoms with Gasteiger partial charge in [-0.2, -0.15) is 0 Å². The molecular weight excluding hydrogens is 328 g/mol. The minimum Gasteiger partial charge on any atom is -0.454 e. The van der Waals surface area contributed by atoms with Gasteiger partial charge in [0.2, 0.25) is 6.79 Å². The molecular formula is C17H18N2O4S. The molecule has 24 heavy (non-hydrogen) atoms. The van der Waals surface area contributed by atoms with Crippen LogP contribution in [0.15, 0.2) is 23.6 Å². The second-order valence-corrected chi connectivity index (χ2v) is 7.01. The molecule has 0 spiro atoms. The summed E-state index contributed by atoms with van der Waals surface area (Å²) >= 11 is 1.34. The fourth-order valence-electron chi connectivity index (χ4n) is 2.01. The zero-order valence-corrected chi connectivity index (χ0v) is 14.5. The predicted octanol–water partition coefficient (Wildman–Crippen LogP) is 4.39. The fraction of sp³-hybridized carbons (Fsp3) is 0.294. The van der Waals surface area contributed by atoms with Gasteiger partial charge in [0.15, 0.2) is 16.6 Å². The number of nitrogens with zero attached hydrogens (tertiary/aromatic N) is 1. The van der Waals surface area contributed by atoms with Crippen LogP contribution in [0.2, 0.25) is 0 Å². The van der Waals surface area contributed by atoms with Crippen molar-refractivity contribution in [3.05, 3.63) is 34.8 Å². The Morgan fingerprint density at radius 2 is 2.08 bits per heavy atom. The lowest BCUT2D eigenvalue weighted by atomic mass is 10.2. The Kier molecular flexibility index (Phi) is 4.44. The van der Waals surface area contributed by atoms with Crippen molar-refractivity contribution >= 4 is 34.7 Å². The van der Waals surface area contributed by atoms with Crippen molar-refractivity contribution in [3.63, 3.8) is 0 Å². The normalized spacial score (nSPS) is 13.3.